The van der Waals surface area contributed by atoms with E-state index in [1.54, 1.807) is 0 Å². The van der Waals surface area contributed by atoms with E-state index >= 15 is 0 Å². The Bertz CT molecular complexity index is 663. The minimum atomic E-state index is -10.7. The Hall–Kier alpha value is -1.38. The van der Waals surface area contributed by atoms with Crippen molar-refractivity contribution in [3.8, 4) is 0 Å². The van der Waals surface area contributed by atoms with Gasteiger partial charge in [0, 0.05) is 11.6 Å². The van der Waals surface area contributed by atoms with E-state index < -0.39 is 15.9 Å². The summed E-state index contributed by atoms with van der Waals surface area (Å²) in [4.78, 5) is 11.2. The van der Waals surface area contributed by atoms with E-state index in [0.29, 0.717) is 0 Å². The fourth-order valence-corrected chi connectivity index (χ4v) is 5.36. The number of rotatable bonds is 7. The molecule has 1 atom stereocenters. The van der Waals surface area contributed by atoms with Gasteiger partial charge in [0.15, 0.2) is 0 Å². The van der Waals surface area contributed by atoms with E-state index in [4.69, 9.17) is 0 Å². The van der Waals surface area contributed by atoms with Gasteiger partial charge in [0.25, 0.3) is 0 Å². The third kappa shape index (κ3) is 19.4. The predicted octanol–water partition coefficient (Wildman–Crippen LogP) is 6.62. The second kappa shape index (κ2) is 8.55. The Morgan fingerprint density at radius 1 is 1.07 bits per heavy atom. The van der Waals surface area contributed by atoms with Gasteiger partial charge in [-0.15, -0.1) is 0 Å². The van der Waals surface area contributed by atoms with Crippen molar-refractivity contribution < 1.29 is 39.2 Å². The molecular formula is C17H28F6NO2PSi. The van der Waals surface area contributed by atoms with Crippen LogP contribution < -0.4 is 0 Å². The van der Waals surface area contributed by atoms with Gasteiger partial charge in [-0.05, 0) is 6.08 Å². The molecule has 0 N–H and O–H groups in total. The van der Waals surface area contributed by atoms with Crippen molar-refractivity contribution in [1.29, 1.82) is 0 Å². The van der Waals surface area contributed by atoms with Crippen LogP contribution in [0, 0.1) is 0 Å². The summed E-state index contributed by atoms with van der Waals surface area (Å²) in [6.07, 6.45) is 4.65. The second-order valence-corrected chi connectivity index (χ2v) is 15.4. The zero-order chi connectivity index (χ0) is 22.3. The summed E-state index contributed by atoms with van der Waals surface area (Å²) < 4.78 is 64.8. The Balaban J connectivity index is 0.000000887. The normalized spacial score (nSPS) is 17.0. The van der Waals surface area contributed by atoms with Gasteiger partial charge in [0.2, 0.25) is 0 Å². The maximum atomic E-state index is 11.2. The second-order valence-electron chi connectivity index (χ2n) is 8.05. The first-order chi connectivity index (χ1) is 12.2. The number of halogens is 6. The standard InChI is InChI=1S/C17H28NO2Si.F6P/c1-18(15-21(3,4)5,13-9-12-17(19)20-2)14-16-10-7-6-8-11-16;1-7(2,3,4,5)6/h6-12H,13-15H2,1-5H3;/q+1;-1/b12-9+;. The zero-order valence-corrected chi connectivity index (χ0v) is 18.5. The van der Waals surface area contributed by atoms with Gasteiger partial charge in [-0.2, -0.15) is 0 Å². The van der Waals surface area contributed by atoms with E-state index in [-0.39, 0.29) is 5.97 Å². The topological polar surface area (TPSA) is 26.3 Å². The van der Waals surface area contributed by atoms with Crippen LogP contribution in [0.1, 0.15) is 5.56 Å². The Kier molecular flexibility index (Phi) is 8.13. The van der Waals surface area contributed by atoms with Gasteiger partial charge in [-0.1, -0.05) is 50.0 Å². The zero-order valence-electron chi connectivity index (χ0n) is 16.6. The summed E-state index contributed by atoms with van der Waals surface area (Å²) in [7, 11) is -8.19. The van der Waals surface area contributed by atoms with Gasteiger partial charge < -0.3 is 9.22 Å². The van der Waals surface area contributed by atoms with Crippen LogP contribution in [0.5, 0.6) is 0 Å². The number of carbonyl (C=O) groups is 1. The number of nitrogens with zero attached hydrogens (tertiary/aromatic N) is 1. The van der Waals surface area contributed by atoms with Crippen LogP contribution in [-0.2, 0) is 16.1 Å². The molecule has 0 amide bonds. The first kappa shape index (κ1) is 26.6. The SMILES string of the molecule is COC(=O)/C=C/C[N+](C)(Cc1ccccc1)C[Si](C)(C)C.F[P-](F)(F)(F)(F)F. The van der Waals surface area contributed by atoms with Gasteiger partial charge in [-0.3, -0.25) is 0 Å². The quantitative estimate of drug-likeness (QED) is 0.116. The van der Waals surface area contributed by atoms with Gasteiger partial charge >= 0.3 is 39.0 Å². The van der Waals surface area contributed by atoms with E-state index in [1.807, 2.05) is 12.1 Å². The van der Waals surface area contributed by atoms with Crippen molar-refractivity contribution in [1.82, 2.24) is 0 Å². The molecule has 0 saturated carbocycles. The van der Waals surface area contributed by atoms with Gasteiger partial charge in [0.1, 0.15) is 14.6 Å². The van der Waals surface area contributed by atoms with Crippen molar-refractivity contribution in [2.24, 2.45) is 0 Å². The average Bonchev–Trinajstić information content (AvgIpc) is 2.42. The summed E-state index contributed by atoms with van der Waals surface area (Å²) in [5.74, 6) is -0.283. The summed E-state index contributed by atoms with van der Waals surface area (Å²) in [5, 5.41) is 0. The minimum absolute atomic E-state index is 0.283. The molecule has 3 nitrogen and oxygen atoms in total. The average molecular weight is 451 g/mol. The van der Waals surface area contributed by atoms with Crippen LogP contribution in [0.15, 0.2) is 42.5 Å². The molecule has 0 bridgehead atoms. The molecule has 11 heteroatoms. The van der Waals surface area contributed by atoms with Crippen LogP contribution in [0.25, 0.3) is 0 Å². The van der Waals surface area contributed by atoms with E-state index in [0.717, 1.165) is 17.6 Å². The summed E-state index contributed by atoms with van der Waals surface area (Å²) in [6, 6.07) is 10.6. The van der Waals surface area contributed by atoms with Gasteiger partial charge in [-0.25, -0.2) is 4.79 Å². The molecular weight excluding hydrogens is 423 g/mol. The number of methoxy groups -OCH3 is 1. The van der Waals surface area contributed by atoms with Crippen molar-refractivity contribution in [2.45, 2.75) is 26.2 Å². The molecule has 28 heavy (non-hydrogen) atoms. The van der Waals surface area contributed by atoms with Crippen molar-refractivity contribution in [2.75, 3.05) is 26.9 Å². The Morgan fingerprint density at radius 2 is 1.54 bits per heavy atom. The molecule has 0 aromatic heterocycles. The molecule has 0 spiro atoms. The van der Waals surface area contributed by atoms with Crippen LogP contribution >= 0.6 is 7.81 Å². The maximum absolute atomic E-state index is 11.2. The molecule has 0 fully saturated rings. The van der Waals surface area contributed by atoms with E-state index in [9.17, 15) is 30.0 Å². The fourth-order valence-electron chi connectivity index (χ4n) is 2.83. The van der Waals surface area contributed by atoms with Crippen molar-refractivity contribution in [3.05, 3.63) is 48.0 Å². The number of hydrogen-bond acceptors (Lipinski definition) is 2. The number of likely N-dealkylation sites (N-methyl/N-ethyl adjacent to an activating group) is 1. The third-order valence-corrected chi connectivity index (χ3v) is 4.98. The summed E-state index contributed by atoms with van der Waals surface area (Å²) in [6.45, 7) is 8.99. The number of esters is 1. The number of carbonyl (C=O) groups excluding carboxylic acids is 1. The molecule has 0 radical (unpaired) electrons. The summed E-state index contributed by atoms with van der Waals surface area (Å²) >= 11 is 0. The summed E-state index contributed by atoms with van der Waals surface area (Å²) in [5.41, 5.74) is 1.34. The van der Waals surface area contributed by atoms with E-state index in [1.165, 1.54) is 24.9 Å². The molecule has 0 aliphatic heterocycles. The molecule has 1 unspecified atom stereocenters. The van der Waals surface area contributed by atoms with Crippen molar-refractivity contribution >= 4 is 21.9 Å². The molecule has 0 saturated heterocycles. The number of ether oxygens (including phenoxy) is 1. The molecule has 1 rings (SSSR count). The van der Waals surface area contributed by atoms with E-state index in [2.05, 4.69) is 55.7 Å². The molecule has 0 aliphatic rings. The van der Waals surface area contributed by atoms with Crippen molar-refractivity contribution in [3.63, 3.8) is 0 Å². The van der Waals surface area contributed by atoms with Crippen LogP contribution in [0.2, 0.25) is 19.6 Å². The predicted molar refractivity (Wildman–Crippen MR) is 104 cm³/mol. The first-order valence-electron chi connectivity index (χ1n) is 8.37. The van der Waals surface area contributed by atoms with Crippen LogP contribution in [0.3, 0.4) is 0 Å². The van der Waals surface area contributed by atoms with Crippen LogP contribution in [0.4, 0.5) is 25.2 Å². The molecule has 0 heterocycles. The van der Waals surface area contributed by atoms with Crippen LogP contribution in [-0.4, -0.2) is 45.4 Å². The Morgan fingerprint density at radius 3 is 1.93 bits per heavy atom. The number of benzene rings is 1. The Labute approximate surface area is 162 Å². The molecule has 164 valence electrons. The van der Waals surface area contributed by atoms with Gasteiger partial charge in [0.05, 0.1) is 26.9 Å². The molecule has 1 aromatic rings. The number of hydrogen-bond donors (Lipinski definition) is 0. The first-order valence-corrected chi connectivity index (χ1v) is 14.1. The molecule has 1 aromatic carbocycles. The number of quaternary nitrogens is 1. The molecule has 0 aliphatic carbocycles. The fraction of sp³-hybridized carbons (Fsp3) is 0.471. The third-order valence-electron chi connectivity index (χ3n) is 3.26. The monoisotopic (exact) mass is 451 g/mol.